The molecule has 2 atom stereocenters. The van der Waals surface area contributed by atoms with Crippen molar-refractivity contribution in [3.8, 4) is 0 Å². The number of halogens is 1. The molecule has 0 radical (unpaired) electrons. The largest absolute Gasteiger partial charge is 0.368 e. The number of rotatable bonds is 3. The fraction of sp³-hybridized carbons (Fsp3) is 0.667. The van der Waals surface area contributed by atoms with Crippen LogP contribution in [0.5, 0.6) is 0 Å². The second-order valence-electron chi connectivity index (χ2n) is 8.06. The molecule has 26 heavy (non-hydrogen) atoms. The van der Waals surface area contributed by atoms with Gasteiger partial charge >= 0.3 is 0 Å². The lowest BCUT2D eigenvalue weighted by Gasteiger charge is -2.38. The normalized spacial score (nSPS) is 30.0. The minimum atomic E-state index is -0.206. The minimum absolute atomic E-state index is 0.178. The Morgan fingerprint density at radius 3 is 2.58 bits per heavy atom. The third-order valence-electron chi connectivity index (χ3n) is 6.46. The van der Waals surface area contributed by atoms with E-state index >= 15 is 0 Å². The molecule has 4 nitrogen and oxygen atoms in total. The summed E-state index contributed by atoms with van der Waals surface area (Å²) in [4.78, 5) is 17.3. The van der Waals surface area contributed by atoms with Crippen LogP contribution in [0.2, 0.25) is 0 Å². The van der Waals surface area contributed by atoms with Crippen molar-refractivity contribution in [2.24, 2.45) is 0 Å². The molecule has 1 aromatic rings. The molecule has 3 aliphatic heterocycles. The molecule has 1 spiro atoms. The van der Waals surface area contributed by atoms with Gasteiger partial charge in [-0.25, -0.2) is 4.39 Å². The zero-order valence-electron chi connectivity index (χ0n) is 15.5. The zero-order chi connectivity index (χ0) is 18.0. The SMILES string of the molecule is O=C([C@H]1CCCO1)N1CCC[C@]2(CCCN2Cc2ccc(F)cc2)CC1. The first-order valence-corrected chi connectivity index (χ1v) is 10.1. The van der Waals surface area contributed by atoms with Crippen LogP contribution in [-0.2, 0) is 16.1 Å². The molecule has 3 saturated heterocycles. The number of likely N-dealkylation sites (tertiary alicyclic amines) is 2. The smallest absolute Gasteiger partial charge is 0.251 e. The fourth-order valence-corrected chi connectivity index (χ4v) is 4.99. The van der Waals surface area contributed by atoms with Crippen molar-refractivity contribution >= 4 is 5.91 Å². The Morgan fingerprint density at radius 2 is 1.85 bits per heavy atom. The van der Waals surface area contributed by atoms with Crippen LogP contribution in [0.4, 0.5) is 4.39 Å². The van der Waals surface area contributed by atoms with E-state index in [0.717, 1.165) is 64.9 Å². The first-order valence-electron chi connectivity index (χ1n) is 10.1. The summed E-state index contributed by atoms with van der Waals surface area (Å²) in [6.07, 6.45) is 7.31. The van der Waals surface area contributed by atoms with Crippen molar-refractivity contribution in [1.29, 1.82) is 0 Å². The van der Waals surface area contributed by atoms with Gasteiger partial charge in [-0.1, -0.05) is 12.1 Å². The van der Waals surface area contributed by atoms with Crippen molar-refractivity contribution < 1.29 is 13.9 Å². The third-order valence-corrected chi connectivity index (χ3v) is 6.46. The molecule has 0 unspecified atom stereocenters. The summed E-state index contributed by atoms with van der Waals surface area (Å²) in [5, 5.41) is 0. The maximum Gasteiger partial charge on any atom is 0.251 e. The third kappa shape index (κ3) is 3.65. The number of hydrogen-bond donors (Lipinski definition) is 0. The first-order chi connectivity index (χ1) is 12.7. The molecule has 1 aromatic carbocycles. The summed E-state index contributed by atoms with van der Waals surface area (Å²) in [6.45, 7) is 4.38. The minimum Gasteiger partial charge on any atom is -0.368 e. The number of ether oxygens (including phenoxy) is 1. The predicted octanol–water partition coefficient (Wildman–Crippen LogP) is 3.35. The van der Waals surface area contributed by atoms with Crippen molar-refractivity contribution in [3.63, 3.8) is 0 Å². The summed E-state index contributed by atoms with van der Waals surface area (Å²) >= 11 is 0. The Hall–Kier alpha value is -1.46. The fourth-order valence-electron chi connectivity index (χ4n) is 4.99. The Labute approximate surface area is 155 Å². The standard InChI is InChI=1S/C21H29FN2O2/c22-18-7-5-17(6-8-18)16-24-13-3-10-21(24)9-2-12-23(14-11-21)20(25)19-4-1-15-26-19/h5-8,19H,1-4,9-16H2/t19-,21+/m1/s1. The van der Waals surface area contributed by atoms with Crippen LogP contribution in [-0.4, -0.2) is 53.6 Å². The van der Waals surface area contributed by atoms with E-state index in [1.165, 1.54) is 18.4 Å². The first kappa shape index (κ1) is 17.9. The number of carbonyl (C=O) groups is 1. The number of benzene rings is 1. The molecule has 0 aliphatic carbocycles. The van der Waals surface area contributed by atoms with Crippen molar-refractivity contribution in [1.82, 2.24) is 9.80 Å². The van der Waals surface area contributed by atoms with Gasteiger partial charge in [0.1, 0.15) is 11.9 Å². The van der Waals surface area contributed by atoms with Gasteiger partial charge in [0, 0.05) is 31.8 Å². The molecule has 4 rings (SSSR count). The lowest BCUT2D eigenvalue weighted by Crippen LogP contribution is -2.45. The van der Waals surface area contributed by atoms with E-state index in [-0.39, 0.29) is 23.4 Å². The molecular weight excluding hydrogens is 331 g/mol. The van der Waals surface area contributed by atoms with Crippen LogP contribution < -0.4 is 0 Å². The lowest BCUT2D eigenvalue weighted by molar-refractivity contribution is -0.140. The van der Waals surface area contributed by atoms with Gasteiger partial charge < -0.3 is 9.64 Å². The molecule has 0 bridgehead atoms. The van der Waals surface area contributed by atoms with E-state index in [4.69, 9.17) is 4.74 Å². The van der Waals surface area contributed by atoms with E-state index in [1.54, 1.807) is 12.1 Å². The highest BCUT2D eigenvalue weighted by molar-refractivity contribution is 5.81. The van der Waals surface area contributed by atoms with Crippen molar-refractivity contribution in [2.75, 3.05) is 26.2 Å². The van der Waals surface area contributed by atoms with Gasteiger partial charge in [0.15, 0.2) is 0 Å². The van der Waals surface area contributed by atoms with Gasteiger partial charge in [-0.3, -0.25) is 9.69 Å². The van der Waals surface area contributed by atoms with E-state index < -0.39 is 0 Å². The van der Waals surface area contributed by atoms with Gasteiger partial charge in [0.2, 0.25) is 0 Å². The van der Waals surface area contributed by atoms with Crippen LogP contribution in [0.3, 0.4) is 0 Å². The van der Waals surface area contributed by atoms with Crippen molar-refractivity contribution in [2.45, 2.75) is 63.1 Å². The lowest BCUT2D eigenvalue weighted by atomic mass is 9.87. The van der Waals surface area contributed by atoms with Gasteiger partial charge in [-0.15, -0.1) is 0 Å². The highest BCUT2D eigenvalue weighted by Crippen LogP contribution is 2.39. The zero-order valence-corrected chi connectivity index (χ0v) is 15.5. The summed E-state index contributed by atoms with van der Waals surface area (Å²) < 4.78 is 18.8. The Morgan fingerprint density at radius 1 is 1.08 bits per heavy atom. The number of hydrogen-bond acceptors (Lipinski definition) is 3. The Kier molecular flexibility index (Phi) is 5.28. The van der Waals surface area contributed by atoms with Gasteiger partial charge in [-0.2, -0.15) is 0 Å². The van der Waals surface area contributed by atoms with Gasteiger partial charge in [0.05, 0.1) is 0 Å². The topological polar surface area (TPSA) is 32.8 Å². The molecule has 5 heteroatoms. The van der Waals surface area contributed by atoms with Gasteiger partial charge in [0.25, 0.3) is 5.91 Å². The van der Waals surface area contributed by atoms with Crippen LogP contribution >= 0.6 is 0 Å². The summed E-state index contributed by atoms with van der Waals surface area (Å²) in [6, 6.07) is 6.89. The summed E-state index contributed by atoms with van der Waals surface area (Å²) in [7, 11) is 0. The average Bonchev–Trinajstić information content (AvgIpc) is 3.25. The highest BCUT2D eigenvalue weighted by Gasteiger charge is 2.42. The molecule has 142 valence electrons. The van der Waals surface area contributed by atoms with E-state index in [9.17, 15) is 9.18 Å². The molecule has 0 N–H and O–H groups in total. The monoisotopic (exact) mass is 360 g/mol. The molecule has 0 aromatic heterocycles. The maximum absolute atomic E-state index is 13.2. The second-order valence-corrected chi connectivity index (χ2v) is 8.06. The van der Waals surface area contributed by atoms with Crippen molar-refractivity contribution in [3.05, 3.63) is 35.6 Å². The summed E-state index contributed by atoms with van der Waals surface area (Å²) in [5.74, 6) is 0.0188. The number of amides is 1. The molecule has 0 saturated carbocycles. The van der Waals surface area contributed by atoms with Crippen LogP contribution in [0.1, 0.15) is 50.5 Å². The van der Waals surface area contributed by atoms with Crippen LogP contribution in [0.25, 0.3) is 0 Å². The summed E-state index contributed by atoms with van der Waals surface area (Å²) in [5.41, 5.74) is 1.36. The Balaban J connectivity index is 1.42. The quantitative estimate of drug-likeness (QED) is 0.829. The molecular formula is C21H29FN2O2. The van der Waals surface area contributed by atoms with E-state index in [2.05, 4.69) is 4.90 Å². The van der Waals surface area contributed by atoms with E-state index in [1.807, 2.05) is 17.0 Å². The number of carbonyl (C=O) groups excluding carboxylic acids is 1. The molecule has 3 aliphatic rings. The molecule has 3 fully saturated rings. The average molecular weight is 360 g/mol. The maximum atomic E-state index is 13.2. The van der Waals surface area contributed by atoms with Gasteiger partial charge in [-0.05, 0) is 69.2 Å². The van der Waals surface area contributed by atoms with E-state index in [0.29, 0.717) is 0 Å². The van der Waals surface area contributed by atoms with Crippen LogP contribution in [0, 0.1) is 5.82 Å². The Bertz CT molecular complexity index is 629. The molecule has 1 amide bonds. The number of nitrogens with zero attached hydrogens (tertiary/aromatic N) is 2. The highest BCUT2D eigenvalue weighted by atomic mass is 19.1. The predicted molar refractivity (Wildman–Crippen MR) is 98.2 cm³/mol. The van der Waals surface area contributed by atoms with Crippen LogP contribution in [0.15, 0.2) is 24.3 Å². The molecule has 3 heterocycles. The second kappa shape index (κ2) is 7.65.